The van der Waals surface area contributed by atoms with Crippen LogP contribution in [0.3, 0.4) is 0 Å². The van der Waals surface area contributed by atoms with Gasteiger partial charge in [0, 0.05) is 47.1 Å². The van der Waals surface area contributed by atoms with Crippen molar-refractivity contribution in [3.8, 4) is 17.2 Å². The zero-order chi connectivity index (χ0) is 21.3. The maximum Gasteiger partial charge on any atom is 0.115 e. The number of thioether (sulfide) groups is 1. The number of hydrogen-bond acceptors (Lipinski definition) is 4. The Morgan fingerprint density at radius 1 is 1.10 bits per heavy atom. The molecule has 1 aliphatic heterocycles. The van der Waals surface area contributed by atoms with Crippen molar-refractivity contribution in [2.45, 2.75) is 23.7 Å². The lowest BCUT2D eigenvalue weighted by Crippen LogP contribution is -2.28. The molecule has 1 aromatic heterocycles. The zero-order valence-electron chi connectivity index (χ0n) is 16.3. The number of benzene rings is 2. The highest BCUT2D eigenvalue weighted by Crippen LogP contribution is 2.40. The molecule has 0 spiro atoms. The molecule has 0 fully saturated rings. The molecule has 0 aliphatic carbocycles. The van der Waals surface area contributed by atoms with Crippen molar-refractivity contribution in [3.05, 3.63) is 79.9 Å². The normalized spacial score (nSPS) is 13.7. The van der Waals surface area contributed by atoms with Crippen molar-refractivity contribution in [2.75, 3.05) is 13.6 Å². The Bertz CT molecular complexity index is 1160. The molecule has 152 valence electrons. The van der Waals surface area contributed by atoms with Crippen molar-refractivity contribution in [1.29, 1.82) is 5.26 Å². The first kappa shape index (κ1) is 21.5. The molecule has 0 N–H and O–H groups in total. The van der Waals surface area contributed by atoms with Crippen molar-refractivity contribution >= 4 is 46.6 Å². The molecule has 3 nitrogen and oxygen atoms in total. The maximum atomic E-state index is 10.1. The lowest BCUT2D eigenvalue weighted by molar-refractivity contribution is 0.309. The number of fused-ring (bicyclic) bond motifs is 1. The summed E-state index contributed by atoms with van der Waals surface area (Å²) in [6.07, 6.45) is 0.843. The highest BCUT2D eigenvalue weighted by Gasteiger charge is 2.26. The van der Waals surface area contributed by atoms with E-state index in [1.807, 2.05) is 36.4 Å². The highest BCUT2D eigenvalue weighted by molar-refractivity contribution is 7.98. The second kappa shape index (κ2) is 9.18. The van der Waals surface area contributed by atoms with Gasteiger partial charge in [0.05, 0.1) is 15.6 Å². The number of rotatable bonds is 4. The first-order chi connectivity index (χ1) is 14.5. The van der Waals surface area contributed by atoms with Crippen LogP contribution in [0.1, 0.15) is 22.4 Å². The summed E-state index contributed by atoms with van der Waals surface area (Å²) in [5.74, 6) is 0.638. The van der Waals surface area contributed by atoms with Crippen LogP contribution in [0.5, 0.6) is 0 Å². The van der Waals surface area contributed by atoms with E-state index in [9.17, 15) is 5.26 Å². The van der Waals surface area contributed by atoms with E-state index in [2.05, 4.69) is 18.0 Å². The molecule has 0 bridgehead atoms. The molecule has 2 heterocycles. The molecule has 0 saturated carbocycles. The second-order valence-corrected chi connectivity index (χ2v) is 9.39. The van der Waals surface area contributed by atoms with Gasteiger partial charge in [0.15, 0.2) is 0 Å². The minimum atomic E-state index is 0.522. The van der Waals surface area contributed by atoms with E-state index in [-0.39, 0.29) is 0 Å². The molecule has 7 heteroatoms. The highest BCUT2D eigenvalue weighted by atomic mass is 35.5. The van der Waals surface area contributed by atoms with E-state index in [1.165, 1.54) is 11.8 Å². The Kier molecular flexibility index (Phi) is 6.57. The van der Waals surface area contributed by atoms with Crippen molar-refractivity contribution < 1.29 is 0 Å². The third kappa shape index (κ3) is 4.32. The molecule has 3 aromatic rings. The van der Waals surface area contributed by atoms with Crippen molar-refractivity contribution in [2.24, 2.45) is 0 Å². The maximum absolute atomic E-state index is 10.1. The van der Waals surface area contributed by atoms with E-state index in [0.717, 1.165) is 52.5 Å². The molecular weight excluding hydrogens is 457 g/mol. The molecule has 0 radical (unpaired) electrons. The fraction of sp³-hybridized carbons (Fsp3) is 0.217. The van der Waals surface area contributed by atoms with Gasteiger partial charge in [-0.15, -0.1) is 11.8 Å². The summed E-state index contributed by atoms with van der Waals surface area (Å²) >= 11 is 20.3. The standard InChI is InChI=1S/C23H18Cl3N3S/c1-29-9-8-21-17(12-29)22(15-4-2-3-5-18(15)24)16(11-27)23(28-21)30-13-14-6-7-19(25)20(26)10-14/h2-7,10H,8-9,12-13H2,1H3. The third-order valence-corrected chi connectivity index (χ3v) is 7.24. The Morgan fingerprint density at radius 2 is 1.90 bits per heavy atom. The summed E-state index contributed by atoms with van der Waals surface area (Å²) < 4.78 is 0. The molecule has 30 heavy (non-hydrogen) atoms. The number of halogens is 3. The lowest BCUT2D eigenvalue weighted by Gasteiger charge is -2.28. The topological polar surface area (TPSA) is 39.9 Å². The van der Waals surface area contributed by atoms with Gasteiger partial charge in [0.25, 0.3) is 0 Å². The van der Waals surface area contributed by atoms with Crippen molar-refractivity contribution in [1.82, 2.24) is 9.88 Å². The number of nitrogens with zero attached hydrogens (tertiary/aromatic N) is 3. The summed E-state index contributed by atoms with van der Waals surface area (Å²) in [5.41, 5.74) is 5.50. The Labute approximate surface area is 195 Å². The largest absolute Gasteiger partial charge is 0.302 e. The van der Waals surface area contributed by atoms with Gasteiger partial charge < -0.3 is 4.90 Å². The van der Waals surface area contributed by atoms with Gasteiger partial charge >= 0.3 is 0 Å². The first-order valence-electron chi connectivity index (χ1n) is 9.44. The van der Waals surface area contributed by atoms with Gasteiger partial charge in [-0.1, -0.05) is 59.1 Å². The van der Waals surface area contributed by atoms with E-state index < -0.39 is 0 Å². The Hall–Kier alpha value is -1.74. The first-order valence-corrected chi connectivity index (χ1v) is 11.6. The SMILES string of the molecule is CN1CCc2nc(SCc3ccc(Cl)c(Cl)c3)c(C#N)c(-c3ccccc3Cl)c2C1. The van der Waals surface area contributed by atoms with Crippen LogP contribution in [0.2, 0.25) is 15.1 Å². The van der Waals surface area contributed by atoms with E-state index in [4.69, 9.17) is 39.8 Å². The van der Waals surface area contributed by atoms with Crippen molar-refractivity contribution in [3.63, 3.8) is 0 Å². The van der Waals surface area contributed by atoms with Gasteiger partial charge in [-0.2, -0.15) is 5.26 Å². The minimum absolute atomic E-state index is 0.522. The number of nitriles is 1. The quantitative estimate of drug-likeness (QED) is 0.387. The molecule has 4 rings (SSSR count). The lowest BCUT2D eigenvalue weighted by atomic mass is 9.92. The minimum Gasteiger partial charge on any atom is -0.302 e. The predicted molar refractivity (Wildman–Crippen MR) is 125 cm³/mol. The van der Waals surface area contributed by atoms with E-state index in [0.29, 0.717) is 26.4 Å². The van der Waals surface area contributed by atoms with E-state index in [1.54, 1.807) is 6.07 Å². The molecule has 0 unspecified atom stereocenters. The average Bonchev–Trinajstić information content (AvgIpc) is 2.74. The Morgan fingerprint density at radius 3 is 2.63 bits per heavy atom. The number of pyridine rings is 1. The molecule has 0 atom stereocenters. The second-order valence-electron chi connectivity index (χ2n) is 7.21. The van der Waals surface area contributed by atoms with Crippen LogP contribution >= 0.6 is 46.6 Å². The summed E-state index contributed by atoms with van der Waals surface area (Å²) in [6, 6.07) is 15.7. The van der Waals surface area contributed by atoms with Gasteiger partial charge in [0.2, 0.25) is 0 Å². The summed E-state index contributed by atoms with van der Waals surface area (Å²) in [7, 11) is 2.08. The van der Waals surface area contributed by atoms with Gasteiger partial charge in [-0.05, 0) is 36.4 Å². The molecular formula is C23H18Cl3N3S. The fourth-order valence-electron chi connectivity index (χ4n) is 3.62. The Balaban J connectivity index is 1.81. The number of hydrogen-bond donors (Lipinski definition) is 0. The summed E-state index contributed by atoms with van der Waals surface area (Å²) in [6.45, 7) is 1.68. The average molecular weight is 475 g/mol. The summed E-state index contributed by atoms with van der Waals surface area (Å²) in [5, 5.41) is 12.5. The van der Waals surface area contributed by atoms with Gasteiger partial charge in [0.1, 0.15) is 11.1 Å². The van der Waals surface area contributed by atoms with Crippen LogP contribution < -0.4 is 0 Å². The van der Waals surface area contributed by atoms with Crippen LogP contribution in [0.15, 0.2) is 47.5 Å². The monoisotopic (exact) mass is 473 g/mol. The van der Waals surface area contributed by atoms with Gasteiger partial charge in [-0.3, -0.25) is 0 Å². The van der Waals surface area contributed by atoms with Crippen LogP contribution in [-0.4, -0.2) is 23.5 Å². The zero-order valence-corrected chi connectivity index (χ0v) is 19.3. The molecule has 0 amide bonds. The van der Waals surface area contributed by atoms with Crippen LogP contribution in [0.4, 0.5) is 0 Å². The molecule has 2 aromatic carbocycles. The molecule has 1 aliphatic rings. The predicted octanol–water partition coefficient (Wildman–Crippen LogP) is 6.86. The fourth-order valence-corrected chi connectivity index (χ4v) is 5.12. The van der Waals surface area contributed by atoms with E-state index >= 15 is 0 Å². The smallest absolute Gasteiger partial charge is 0.115 e. The van der Waals surface area contributed by atoms with Crippen LogP contribution in [-0.2, 0) is 18.7 Å². The van der Waals surface area contributed by atoms with Crippen LogP contribution in [0, 0.1) is 11.3 Å². The summed E-state index contributed by atoms with van der Waals surface area (Å²) in [4.78, 5) is 7.15. The molecule has 0 saturated heterocycles. The van der Waals surface area contributed by atoms with Crippen LogP contribution in [0.25, 0.3) is 11.1 Å². The number of likely N-dealkylation sites (N-methyl/N-ethyl adjacent to an activating group) is 1. The third-order valence-electron chi connectivity index (χ3n) is 5.12. The number of aromatic nitrogens is 1. The van der Waals surface area contributed by atoms with Gasteiger partial charge in [-0.25, -0.2) is 4.98 Å².